The summed E-state index contributed by atoms with van der Waals surface area (Å²) in [6.07, 6.45) is 4.21. The van der Waals surface area contributed by atoms with Crippen LogP contribution in [0.1, 0.15) is 55.5 Å². The van der Waals surface area contributed by atoms with Crippen LogP contribution in [0.3, 0.4) is 0 Å². The van der Waals surface area contributed by atoms with E-state index in [1.54, 1.807) is 12.3 Å². The first-order chi connectivity index (χ1) is 17.4. The Labute approximate surface area is 208 Å². The number of amides is 2. The molecule has 1 unspecified atom stereocenters. The Kier molecular flexibility index (Phi) is 6.51. The van der Waals surface area contributed by atoms with E-state index in [-0.39, 0.29) is 23.7 Å². The van der Waals surface area contributed by atoms with E-state index in [2.05, 4.69) is 15.6 Å². The molecule has 1 aromatic heterocycles. The van der Waals surface area contributed by atoms with Crippen LogP contribution in [0.15, 0.2) is 30.1 Å². The monoisotopic (exact) mass is 498 g/mol. The number of ether oxygens (including phenoxy) is 2. The minimum Gasteiger partial charge on any atom is -0.494 e. The molecule has 1 aromatic carbocycles. The molecule has 36 heavy (non-hydrogen) atoms. The highest BCUT2D eigenvalue weighted by molar-refractivity contribution is 6.20. The number of aromatic nitrogens is 1. The maximum absolute atomic E-state index is 14.6. The molecule has 1 aliphatic carbocycles. The summed E-state index contributed by atoms with van der Waals surface area (Å²) < 4.78 is 25.9. The highest BCUT2D eigenvalue weighted by Gasteiger charge is 2.34. The standard InChI is InChI=1S/C26H31FN4O5/c1-14-22(25(32)30-16-6-9-31(10-7-16)26(33)34)24-17(5-8-28-24)23(29-14)18-11-21(35-2)19(27)12-20(18)36-13-15-3-4-15/h5,8,11-12,15-16,23,28-29H,3-4,6-7,9-10,13H2,1-2H3,(H,30,32)(H,33,34). The van der Waals surface area contributed by atoms with Crippen LogP contribution in [0.2, 0.25) is 0 Å². The molecule has 0 bridgehead atoms. The fourth-order valence-electron chi connectivity index (χ4n) is 4.94. The second-order valence-corrected chi connectivity index (χ2v) is 9.68. The van der Waals surface area contributed by atoms with Gasteiger partial charge in [-0.2, -0.15) is 0 Å². The molecule has 2 aliphatic heterocycles. The topological polar surface area (TPSA) is 116 Å². The molecule has 3 heterocycles. The zero-order chi connectivity index (χ0) is 25.4. The van der Waals surface area contributed by atoms with Crippen molar-refractivity contribution < 1.29 is 28.6 Å². The number of halogens is 1. The van der Waals surface area contributed by atoms with Crippen LogP contribution in [0.5, 0.6) is 11.5 Å². The molecule has 2 aromatic rings. The SMILES string of the molecule is COc1cc(C2NC(C)=C(C(=O)NC3CCN(C(=O)O)CC3)c3[nH]ccc32)c(OCC2CC2)cc1F. The van der Waals surface area contributed by atoms with E-state index in [4.69, 9.17) is 14.6 Å². The number of carbonyl (C=O) groups excluding carboxylic acids is 1. The number of benzene rings is 1. The molecule has 10 heteroatoms. The molecule has 0 radical (unpaired) electrons. The lowest BCUT2D eigenvalue weighted by atomic mass is 9.90. The Balaban J connectivity index is 1.40. The van der Waals surface area contributed by atoms with Gasteiger partial charge in [-0.15, -0.1) is 0 Å². The van der Waals surface area contributed by atoms with Crippen molar-refractivity contribution in [2.45, 2.75) is 44.7 Å². The molecule has 2 fully saturated rings. The number of allylic oxidation sites excluding steroid dienone is 1. The molecule has 192 valence electrons. The van der Waals surface area contributed by atoms with Crippen LogP contribution in [-0.2, 0) is 4.79 Å². The number of aromatic amines is 1. The van der Waals surface area contributed by atoms with E-state index >= 15 is 0 Å². The number of nitrogens with zero attached hydrogens (tertiary/aromatic N) is 1. The summed E-state index contributed by atoms with van der Waals surface area (Å²) in [6, 6.07) is 4.45. The van der Waals surface area contributed by atoms with Crippen LogP contribution in [0, 0.1) is 11.7 Å². The van der Waals surface area contributed by atoms with Crippen molar-refractivity contribution in [3.8, 4) is 11.5 Å². The number of piperidine rings is 1. The second-order valence-electron chi connectivity index (χ2n) is 9.68. The smallest absolute Gasteiger partial charge is 0.407 e. The van der Waals surface area contributed by atoms with Gasteiger partial charge in [0.2, 0.25) is 0 Å². The van der Waals surface area contributed by atoms with Gasteiger partial charge < -0.3 is 35.1 Å². The van der Waals surface area contributed by atoms with E-state index in [0.717, 1.165) is 24.0 Å². The quantitative estimate of drug-likeness (QED) is 0.463. The molecule has 0 spiro atoms. The summed E-state index contributed by atoms with van der Waals surface area (Å²) in [5.74, 6) is 0.372. The third-order valence-electron chi connectivity index (χ3n) is 7.17. The summed E-state index contributed by atoms with van der Waals surface area (Å²) in [4.78, 5) is 29.1. The van der Waals surface area contributed by atoms with Gasteiger partial charge >= 0.3 is 6.09 Å². The number of likely N-dealkylation sites (tertiary alicyclic amines) is 1. The number of rotatable bonds is 7. The number of carbonyl (C=O) groups is 2. The zero-order valence-corrected chi connectivity index (χ0v) is 20.4. The van der Waals surface area contributed by atoms with Gasteiger partial charge in [0, 0.05) is 48.2 Å². The molecule has 2 amide bonds. The fourth-order valence-corrected chi connectivity index (χ4v) is 4.94. The Hall–Kier alpha value is -3.69. The number of carboxylic acid groups (broad SMARTS) is 1. The molecule has 4 N–H and O–H groups in total. The van der Waals surface area contributed by atoms with E-state index in [9.17, 15) is 14.0 Å². The highest BCUT2D eigenvalue weighted by Crippen LogP contribution is 2.41. The molecule has 3 aliphatic rings. The van der Waals surface area contributed by atoms with E-state index in [0.29, 0.717) is 61.2 Å². The largest absolute Gasteiger partial charge is 0.494 e. The normalized spacial score (nSPS) is 20.0. The van der Waals surface area contributed by atoms with E-state index in [1.165, 1.54) is 18.1 Å². The van der Waals surface area contributed by atoms with Crippen LogP contribution in [0.25, 0.3) is 5.57 Å². The Morgan fingerprint density at radius 3 is 2.58 bits per heavy atom. The maximum atomic E-state index is 14.6. The van der Waals surface area contributed by atoms with Crippen molar-refractivity contribution >= 4 is 17.6 Å². The van der Waals surface area contributed by atoms with Gasteiger partial charge in [0.15, 0.2) is 11.6 Å². The van der Waals surface area contributed by atoms with Crippen molar-refractivity contribution in [1.82, 2.24) is 20.5 Å². The lowest BCUT2D eigenvalue weighted by Crippen LogP contribution is -2.47. The number of nitrogens with one attached hydrogen (secondary N) is 3. The Morgan fingerprint density at radius 2 is 1.92 bits per heavy atom. The molecular formula is C26H31FN4O5. The number of hydrogen-bond donors (Lipinski definition) is 4. The van der Waals surface area contributed by atoms with Crippen LogP contribution >= 0.6 is 0 Å². The van der Waals surface area contributed by atoms with Gasteiger partial charge in [0.05, 0.1) is 31.0 Å². The average molecular weight is 499 g/mol. The first-order valence-electron chi connectivity index (χ1n) is 12.3. The minimum absolute atomic E-state index is 0.103. The summed E-state index contributed by atoms with van der Waals surface area (Å²) >= 11 is 0. The van der Waals surface area contributed by atoms with Gasteiger partial charge in [0.1, 0.15) is 5.75 Å². The number of fused-ring (bicyclic) bond motifs is 1. The van der Waals surface area contributed by atoms with Gasteiger partial charge in [-0.1, -0.05) is 0 Å². The van der Waals surface area contributed by atoms with Gasteiger partial charge in [-0.3, -0.25) is 4.79 Å². The van der Waals surface area contributed by atoms with E-state index in [1.807, 2.05) is 13.0 Å². The van der Waals surface area contributed by atoms with Crippen LogP contribution in [-0.4, -0.2) is 59.8 Å². The predicted octanol–water partition coefficient (Wildman–Crippen LogP) is 3.63. The molecular weight excluding hydrogens is 467 g/mol. The molecule has 1 saturated carbocycles. The minimum atomic E-state index is -0.935. The molecule has 5 rings (SSSR count). The van der Waals surface area contributed by atoms with Crippen molar-refractivity contribution in [2.75, 3.05) is 26.8 Å². The van der Waals surface area contributed by atoms with E-state index < -0.39 is 11.9 Å². The van der Waals surface area contributed by atoms with Crippen LogP contribution in [0.4, 0.5) is 9.18 Å². The lowest BCUT2D eigenvalue weighted by molar-refractivity contribution is -0.116. The summed E-state index contributed by atoms with van der Waals surface area (Å²) in [6.45, 7) is 3.16. The first kappa shape index (κ1) is 24.0. The van der Waals surface area contributed by atoms with Crippen LogP contribution < -0.4 is 20.1 Å². The molecule has 9 nitrogen and oxygen atoms in total. The maximum Gasteiger partial charge on any atom is 0.407 e. The third-order valence-corrected chi connectivity index (χ3v) is 7.17. The number of hydrogen-bond acceptors (Lipinski definition) is 5. The molecule has 1 saturated heterocycles. The van der Waals surface area contributed by atoms with Gasteiger partial charge in [-0.25, -0.2) is 9.18 Å². The summed E-state index contributed by atoms with van der Waals surface area (Å²) in [5, 5.41) is 15.7. The Morgan fingerprint density at radius 1 is 1.17 bits per heavy atom. The van der Waals surface area contributed by atoms with Crippen molar-refractivity contribution in [2.24, 2.45) is 5.92 Å². The Bertz CT molecular complexity index is 1200. The number of H-pyrrole nitrogens is 1. The van der Waals surface area contributed by atoms with Gasteiger partial charge in [-0.05, 0) is 50.7 Å². The van der Waals surface area contributed by atoms with Gasteiger partial charge in [0.25, 0.3) is 5.91 Å². The van der Waals surface area contributed by atoms with Crippen molar-refractivity contribution in [1.29, 1.82) is 0 Å². The average Bonchev–Trinajstić information content (AvgIpc) is 3.57. The predicted molar refractivity (Wildman–Crippen MR) is 130 cm³/mol. The number of methoxy groups -OCH3 is 1. The summed E-state index contributed by atoms with van der Waals surface area (Å²) in [7, 11) is 1.43. The second kappa shape index (κ2) is 9.75. The highest BCUT2D eigenvalue weighted by atomic mass is 19.1. The lowest BCUT2D eigenvalue weighted by Gasteiger charge is -2.32. The van der Waals surface area contributed by atoms with Crippen molar-refractivity contribution in [3.05, 3.63) is 52.7 Å². The first-order valence-corrected chi connectivity index (χ1v) is 12.3. The van der Waals surface area contributed by atoms with Crippen molar-refractivity contribution in [3.63, 3.8) is 0 Å². The third kappa shape index (κ3) is 4.72. The summed E-state index contributed by atoms with van der Waals surface area (Å²) in [5.41, 5.74) is 3.44. The zero-order valence-electron chi connectivity index (χ0n) is 20.4. The fraction of sp³-hybridized carbons (Fsp3) is 0.462. The molecule has 1 atom stereocenters.